The SMILES string of the molecule is O=C(CSC1=NN=C(c2cnccc2F)C1)Nc1ccccc1. The fourth-order valence-electron chi connectivity index (χ4n) is 2.02. The molecule has 1 aliphatic rings. The molecule has 0 spiro atoms. The van der Waals surface area contributed by atoms with E-state index in [0.717, 1.165) is 5.69 Å². The van der Waals surface area contributed by atoms with Gasteiger partial charge in [-0.05, 0) is 18.2 Å². The first-order valence-electron chi connectivity index (χ1n) is 6.93. The molecule has 0 fully saturated rings. The smallest absolute Gasteiger partial charge is 0.234 e. The first-order chi connectivity index (χ1) is 11.2. The summed E-state index contributed by atoms with van der Waals surface area (Å²) in [6.07, 6.45) is 3.23. The molecular formula is C16H13FN4OS. The van der Waals surface area contributed by atoms with Crippen molar-refractivity contribution >= 4 is 34.1 Å². The van der Waals surface area contributed by atoms with Gasteiger partial charge in [0.05, 0.1) is 17.0 Å². The number of amides is 1. The molecule has 0 atom stereocenters. The van der Waals surface area contributed by atoms with Gasteiger partial charge in [0, 0.05) is 24.5 Å². The Balaban J connectivity index is 1.50. The van der Waals surface area contributed by atoms with Gasteiger partial charge in [-0.25, -0.2) is 4.39 Å². The van der Waals surface area contributed by atoms with Crippen LogP contribution in [0.4, 0.5) is 10.1 Å². The lowest BCUT2D eigenvalue weighted by molar-refractivity contribution is -0.113. The summed E-state index contributed by atoms with van der Waals surface area (Å²) < 4.78 is 13.7. The van der Waals surface area contributed by atoms with Crippen molar-refractivity contribution in [1.29, 1.82) is 0 Å². The normalized spacial score (nSPS) is 13.4. The highest BCUT2D eigenvalue weighted by molar-refractivity contribution is 8.14. The molecule has 1 amide bonds. The van der Waals surface area contributed by atoms with Gasteiger partial charge in [-0.3, -0.25) is 9.78 Å². The predicted molar refractivity (Wildman–Crippen MR) is 90.3 cm³/mol. The number of anilines is 1. The summed E-state index contributed by atoms with van der Waals surface area (Å²) in [7, 11) is 0. The van der Waals surface area contributed by atoms with E-state index in [1.165, 1.54) is 30.2 Å². The van der Waals surface area contributed by atoms with Crippen LogP contribution >= 0.6 is 11.8 Å². The lowest BCUT2D eigenvalue weighted by Gasteiger charge is -2.05. The number of para-hydroxylation sites is 1. The molecule has 0 saturated carbocycles. The maximum absolute atomic E-state index is 13.7. The van der Waals surface area contributed by atoms with Crippen LogP contribution in [0.2, 0.25) is 0 Å². The van der Waals surface area contributed by atoms with E-state index in [1.807, 2.05) is 30.3 Å². The second kappa shape index (κ2) is 7.15. The summed E-state index contributed by atoms with van der Waals surface area (Å²) in [6.45, 7) is 0. The number of halogens is 1. The highest BCUT2D eigenvalue weighted by Gasteiger charge is 2.18. The second-order valence-corrected chi connectivity index (χ2v) is 5.82. The van der Waals surface area contributed by atoms with E-state index in [9.17, 15) is 9.18 Å². The molecule has 3 rings (SSSR count). The summed E-state index contributed by atoms with van der Waals surface area (Å²) >= 11 is 1.30. The maximum atomic E-state index is 13.7. The topological polar surface area (TPSA) is 66.7 Å². The van der Waals surface area contributed by atoms with Crippen LogP contribution < -0.4 is 5.32 Å². The lowest BCUT2D eigenvalue weighted by atomic mass is 10.1. The Morgan fingerprint density at radius 3 is 2.83 bits per heavy atom. The van der Waals surface area contributed by atoms with E-state index in [0.29, 0.717) is 22.7 Å². The fourth-order valence-corrected chi connectivity index (χ4v) is 2.72. The van der Waals surface area contributed by atoms with Gasteiger partial charge >= 0.3 is 0 Å². The maximum Gasteiger partial charge on any atom is 0.234 e. The quantitative estimate of drug-likeness (QED) is 0.938. The monoisotopic (exact) mass is 328 g/mol. The van der Waals surface area contributed by atoms with Crippen LogP contribution in [0.15, 0.2) is 59.0 Å². The Morgan fingerprint density at radius 2 is 2.04 bits per heavy atom. The molecule has 1 aromatic heterocycles. The molecule has 2 heterocycles. The van der Waals surface area contributed by atoms with Crippen molar-refractivity contribution in [2.75, 3.05) is 11.1 Å². The van der Waals surface area contributed by atoms with Crippen LogP contribution in [0.5, 0.6) is 0 Å². The summed E-state index contributed by atoms with van der Waals surface area (Å²) in [4.78, 5) is 15.8. The predicted octanol–water partition coefficient (Wildman–Crippen LogP) is 3.10. The van der Waals surface area contributed by atoms with Crippen molar-refractivity contribution in [2.24, 2.45) is 10.2 Å². The van der Waals surface area contributed by atoms with E-state index < -0.39 is 0 Å². The van der Waals surface area contributed by atoms with Crippen molar-refractivity contribution in [2.45, 2.75) is 6.42 Å². The number of benzene rings is 1. The van der Waals surface area contributed by atoms with Crippen LogP contribution in [0, 0.1) is 5.82 Å². The second-order valence-electron chi connectivity index (χ2n) is 4.78. The number of aromatic nitrogens is 1. The number of nitrogens with zero attached hydrogens (tertiary/aromatic N) is 3. The molecule has 0 aliphatic carbocycles. The third kappa shape index (κ3) is 4.01. The first kappa shape index (κ1) is 15.4. The number of carbonyl (C=O) groups excluding carboxylic acids is 1. The van der Waals surface area contributed by atoms with E-state index in [-0.39, 0.29) is 17.5 Å². The standard InChI is InChI=1S/C16H13FN4OS/c17-13-6-7-18-9-12(13)14-8-16(21-20-14)23-10-15(22)19-11-4-2-1-3-5-11/h1-7,9H,8,10H2,(H,19,22). The number of hydrogen-bond donors (Lipinski definition) is 1. The molecule has 0 bridgehead atoms. The highest BCUT2D eigenvalue weighted by Crippen LogP contribution is 2.20. The number of rotatable bonds is 4. The van der Waals surface area contributed by atoms with Gasteiger partial charge in [0.1, 0.15) is 10.9 Å². The minimum absolute atomic E-state index is 0.120. The van der Waals surface area contributed by atoms with Gasteiger partial charge in [0.2, 0.25) is 5.91 Å². The van der Waals surface area contributed by atoms with Gasteiger partial charge < -0.3 is 5.32 Å². The van der Waals surface area contributed by atoms with Gasteiger partial charge in [0.15, 0.2) is 0 Å². The largest absolute Gasteiger partial charge is 0.325 e. The fraction of sp³-hybridized carbons (Fsp3) is 0.125. The summed E-state index contributed by atoms with van der Waals surface area (Å²) in [5, 5.41) is 11.5. The molecule has 2 aromatic rings. The van der Waals surface area contributed by atoms with Crippen LogP contribution in [-0.4, -0.2) is 27.4 Å². The molecule has 7 heteroatoms. The molecule has 1 aliphatic heterocycles. The number of pyridine rings is 1. The van der Waals surface area contributed by atoms with E-state index in [1.54, 1.807) is 0 Å². The molecule has 116 valence electrons. The number of nitrogens with one attached hydrogen (secondary N) is 1. The van der Waals surface area contributed by atoms with Crippen molar-refractivity contribution in [3.8, 4) is 0 Å². The summed E-state index contributed by atoms with van der Waals surface area (Å²) in [5.74, 6) is -0.265. The third-order valence-electron chi connectivity index (χ3n) is 3.11. The van der Waals surface area contributed by atoms with Crippen molar-refractivity contribution in [3.63, 3.8) is 0 Å². The molecular weight excluding hydrogens is 315 g/mol. The Kier molecular flexibility index (Phi) is 4.77. The zero-order chi connectivity index (χ0) is 16.1. The molecule has 23 heavy (non-hydrogen) atoms. The zero-order valence-corrected chi connectivity index (χ0v) is 12.9. The van der Waals surface area contributed by atoms with Crippen LogP contribution in [0.25, 0.3) is 0 Å². The van der Waals surface area contributed by atoms with Crippen molar-refractivity contribution < 1.29 is 9.18 Å². The average Bonchev–Trinajstić information content (AvgIpc) is 3.03. The number of hydrogen-bond acceptors (Lipinski definition) is 5. The molecule has 0 unspecified atom stereocenters. The first-order valence-corrected chi connectivity index (χ1v) is 7.92. The van der Waals surface area contributed by atoms with Crippen LogP contribution in [0.1, 0.15) is 12.0 Å². The molecule has 1 aromatic carbocycles. The Labute approximate surface area is 136 Å². The molecule has 0 radical (unpaired) electrons. The minimum Gasteiger partial charge on any atom is -0.325 e. The van der Waals surface area contributed by atoms with Gasteiger partial charge in [-0.15, -0.1) is 5.10 Å². The zero-order valence-electron chi connectivity index (χ0n) is 12.1. The Hall–Kier alpha value is -2.54. The summed E-state index contributed by atoms with van der Waals surface area (Å²) in [6, 6.07) is 10.5. The summed E-state index contributed by atoms with van der Waals surface area (Å²) in [5.41, 5.74) is 1.63. The average molecular weight is 328 g/mol. The molecule has 5 nitrogen and oxygen atoms in total. The minimum atomic E-state index is -0.373. The van der Waals surface area contributed by atoms with Gasteiger partial charge in [-0.2, -0.15) is 5.10 Å². The van der Waals surface area contributed by atoms with Crippen molar-refractivity contribution in [1.82, 2.24) is 4.98 Å². The lowest BCUT2D eigenvalue weighted by Crippen LogP contribution is -2.15. The van der Waals surface area contributed by atoms with E-state index >= 15 is 0 Å². The third-order valence-corrected chi connectivity index (χ3v) is 4.07. The molecule has 1 N–H and O–H groups in total. The Bertz CT molecular complexity index is 777. The van der Waals surface area contributed by atoms with Gasteiger partial charge in [0.25, 0.3) is 0 Å². The highest BCUT2D eigenvalue weighted by atomic mass is 32.2. The Morgan fingerprint density at radius 1 is 1.22 bits per heavy atom. The van der Waals surface area contributed by atoms with E-state index in [2.05, 4.69) is 20.5 Å². The van der Waals surface area contributed by atoms with Crippen LogP contribution in [-0.2, 0) is 4.79 Å². The van der Waals surface area contributed by atoms with Gasteiger partial charge in [-0.1, -0.05) is 30.0 Å². The van der Waals surface area contributed by atoms with E-state index in [4.69, 9.17) is 0 Å². The van der Waals surface area contributed by atoms with Crippen molar-refractivity contribution in [3.05, 3.63) is 60.2 Å². The number of carbonyl (C=O) groups is 1. The number of thioether (sulfide) groups is 1. The molecule has 0 saturated heterocycles. The van der Waals surface area contributed by atoms with Crippen LogP contribution in [0.3, 0.4) is 0 Å².